The second-order valence-corrected chi connectivity index (χ2v) is 4.72. The third-order valence-electron chi connectivity index (χ3n) is 3.09. The van der Waals surface area contributed by atoms with E-state index in [4.69, 9.17) is 10.5 Å². The van der Waals surface area contributed by atoms with Crippen LogP contribution in [0.5, 0.6) is 0 Å². The molecule has 1 amide bonds. The van der Waals surface area contributed by atoms with E-state index in [1.807, 2.05) is 19.1 Å². The third kappa shape index (κ3) is 2.84. The van der Waals surface area contributed by atoms with Crippen molar-refractivity contribution in [2.45, 2.75) is 25.4 Å². The lowest BCUT2D eigenvalue weighted by molar-refractivity contribution is 0.0890. The van der Waals surface area contributed by atoms with E-state index in [0.29, 0.717) is 25.3 Å². The predicted molar refractivity (Wildman–Crippen MR) is 65.6 cm³/mol. The number of rotatable bonds is 3. The molecule has 4 heteroatoms. The minimum Gasteiger partial charge on any atom is -0.379 e. The fourth-order valence-corrected chi connectivity index (χ4v) is 1.90. The highest BCUT2D eigenvalue weighted by atomic mass is 16.5. The average Bonchev–Trinajstić information content (AvgIpc) is 2.76. The topological polar surface area (TPSA) is 64.4 Å². The zero-order valence-corrected chi connectivity index (χ0v) is 10.0. The van der Waals surface area contributed by atoms with E-state index >= 15 is 0 Å². The Hall–Kier alpha value is -1.39. The largest absolute Gasteiger partial charge is 0.379 e. The summed E-state index contributed by atoms with van der Waals surface area (Å²) >= 11 is 0. The van der Waals surface area contributed by atoms with Crippen LogP contribution >= 0.6 is 0 Å². The van der Waals surface area contributed by atoms with Gasteiger partial charge in [0, 0.05) is 18.7 Å². The Morgan fingerprint density at radius 2 is 2.18 bits per heavy atom. The zero-order chi connectivity index (χ0) is 12.3. The van der Waals surface area contributed by atoms with Gasteiger partial charge in [-0.3, -0.25) is 4.79 Å². The summed E-state index contributed by atoms with van der Waals surface area (Å²) in [6.45, 7) is 3.79. The van der Waals surface area contributed by atoms with Crippen LogP contribution in [0.15, 0.2) is 24.3 Å². The Bertz CT molecular complexity index is 394. The van der Waals surface area contributed by atoms with E-state index in [0.717, 1.165) is 12.0 Å². The standard InChI is InChI=1S/C13H18N2O2/c1-13(6-7-17-9-13)15-12(16)11-4-2-10(8-14)3-5-11/h2-5H,6-9,14H2,1H3,(H,15,16). The van der Waals surface area contributed by atoms with Crippen molar-refractivity contribution in [2.75, 3.05) is 13.2 Å². The van der Waals surface area contributed by atoms with Gasteiger partial charge in [0.15, 0.2) is 0 Å². The molecule has 0 aromatic heterocycles. The fraction of sp³-hybridized carbons (Fsp3) is 0.462. The van der Waals surface area contributed by atoms with Gasteiger partial charge in [-0.25, -0.2) is 0 Å². The highest BCUT2D eigenvalue weighted by molar-refractivity contribution is 5.94. The van der Waals surface area contributed by atoms with E-state index in [9.17, 15) is 4.79 Å². The number of carbonyl (C=O) groups excluding carboxylic acids is 1. The van der Waals surface area contributed by atoms with E-state index < -0.39 is 0 Å². The summed E-state index contributed by atoms with van der Waals surface area (Å²) in [6.07, 6.45) is 0.861. The number of amides is 1. The molecule has 1 fully saturated rings. The molecule has 4 nitrogen and oxygen atoms in total. The lowest BCUT2D eigenvalue weighted by Crippen LogP contribution is -2.46. The van der Waals surface area contributed by atoms with Crippen molar-refractivity contribution in [1.29, 1.82) is 0 Å². The molecule has 1 aliphatic rings. The molecule has 0 saturated carbocycles. The zero-order valence-electron chi connectivity index (χ0n) is 10.0. The highest BCUT2D eigenvalue weighted by Gasteiger charge is 2.31. The van der Waals surface area contributed by atoms with Crippen LogP contribution in [0, 0.1) is 0 Å². The van der Waals surface area contributed by atoms with Gasteiger partial charge in [0.05, 0.1) is 12.1 Å². The van der Waals surface area contributed by atoms with Crippen molar-refractivity contribution >= 4 is 5.91 Å². The summed E-state index contributed by atoms with van der Waals surface area (Å²) in [7, 11) is 0. The van der Waals surface area contributed by atoms with Crippen molar-refractivity contribution in [3.8, 4) is 0 Å². The lowest BCUT2D eigenvalue weighted by atomic mass is 10.0. The molecule has 1 atom stereocenters. The molecule has 1 aromatic rings. The number of nitrogens with one attached hydrogen (secondary N) is 1. The van der Waals surface area contributed by atoms with Gasteiger partial charge in [-0.05, 0) is 31.0 Å². The van der Waals surface area contributed by atoms with Crippen molar-refractivity contribution in [3.63, 3.8) is 0 Å². The number of nitrogens with two attached hydrogens (primary N) is 1. The smallest absolute Gasteiger partial charge is 0.251 e. The molecule has 0 spiro atoms. The molecule has 1 heterocycles. The Morgan fingerprint density at radius 1 is 1.47 bits per heavy atom. The molecule has 1 saturated heterocycles. The van der Waals surface area contributed by atoms with Gasteiger partial charge in [0.25, 0.3) is 5.91 Å². The van der Waals surface area contributed by atoms with Gasteiger partial charge >= 0.3 is 0 Å². The molecule has 17 heavy (non-hydrogen) atoms. The first kappa shape index (κ1) is 12.1. The van der Waals surface area contributed by atoms with Crippen molar-refractivity contribution in [3.05, 3.63) is 35.4 Å². The fourth-order valence-electron chi connectivity index (χ4n) is 1.90. The van der Waals surface area contributed by atoms with E-state index in [-0.39, 0.29) is 11.4 Å². The van der Waals surface area contributed by atoms with Gasteiger partial charge in [-0.1, -0.05) is 12.1 Å². The summed E-state index contributed by atoms with van der Waals surface area (Å²) in [4.78, 5) is 12.0. The molecule has 2 rings (SSSR count). The average molecular weight is 234 g/mol. The van der Waals surface area contributed by atoms with Crippen LogP contribution < -0.4 is 11.1 Å². The maximum Gasteiger partial charge on any atom is 0.251 e. The molecule has 1 aliphatic heterocycles. The summed E-state index contributed by atoms with van der Waals surface area (Å²) in [5, 5.41) is 3.01. The Labute approximate surface area is 101 Å². The van der Waals surface area contributed by atoms with Crippen LogP contribution in [0.2, 0.25) is 0 Å². The predicted octanol–water partition coefficient (Wildman–Crippen LogP) is 1.05. The molecule has 0 radical (unpaired) electrons. The van der Waals surface area contributed by atoms with Crippen LogP contribution in [-0.4, -0.2) is 24.7 Å². The van der Waals surface area contributed by atoms with Crippen molar-refractivity contribution in [1.82, 2.24) is 5.32 Å². The van der Waals surface area contributed by atoms with Crippen molar-refractivity contribution < 1.29 is 9.53 Å². The molecular formula is C13H18N2O2. The van der Waals surface area contributed by atoms with Gasteiger partial charge in [-0.2, -0.15) is 0 Å². The quantitative estimate of drug-likeness (QED) is 0.821. The van der Waals surface area contributed by atoms with Crippen LogP contribution in [-0.2, 0) is 11.3 Å². The SMILES string of the molecule is CC1(NC(=O)c2ccc(CN)cc2)CCOC1. The number of carbonyl (C=O) groups is 1. The van der Waals surface area contributed by atoms with Crippen molar-refractivity contribution in [2.24, 2.45) is 5.73 Å². The maximum absolute atomic E-state index is 12.0. The van der Waals surface area contributed by atoms with Gasteiger partial charge in [0.2, 0.25) is 0 Å². The normalized spacial score (nSPS) is 23.6. The molecular weight excluding hydrogens is 216 g/mol. The summed E-state index contributed by atoms with van der Waals surface area (Å²) < 4.78 is 5.30. The van der Waals surface area contributed by atoms with Gasteiger partial charge < -0.3 is 15.8 Å². The molecule has 1 aromatic carbocycles. The Morgan fingerprint density at radius 3 is 2.71 bits per heavy atom. The lowest BCUT2D eigenvalue weighted by Gasteiger charge is -2.23. The number of ether oxygens (including phenoxy) is 1. The number of hydrogen-bond donors (Lipinski definition) is 2. The highest BCUT2D eigenvalue weighted by Crippen LogP contribution is 2.18. The van der Waals surface area contributed by atoms with Crippen LogP contribution in [0.1, 0.15) is 29.3 Å². The minimum atomic E-state index is -0.233. The third-order valence-corrected chi connectivity index (χ3v) is 3.09. The molecule has 3 N–H and O–H groups in total. The van der Waals surface area contributed by atoms with Gasteiger partial charge in [-0.15, -0.1) is 0 Å². The first-order valence-electron chi connectivity index (χ1n) is 5.82. The van der Waals surface area contributed by atoms with Crippen LogP contribution in [0.25, 0.3) is 0 Å². The van der Waals surface area contributed by atoms with Crippen LogP contribution in [0.4, 0.5) is 0 Å². The first-order valence-corrected chi connectivity index (χ1v) is 5.82. The monoisotopic (exact) mass is 234 g/mol. The molecule has 92 valence electrons. The second-order valence-electron chi connectivity index (χ2n) is 4.72. The Balaban J connectivity index is 2.03. The summed E-state index contributed by atoms with van der Waals surface area (Å²) in [6, 6.07) is 7.36. The number of benzene rings is 1. The summed E-state index contributed by atoms with van der Waals surface area (Å²) in [5.41, 5.74) is 6.97. The van der Waals surface area contributed by atoms with E-state index in [1.54, 1.807) is 12.1 Å². The number of hydrogen-bond acceptors (Lipinski definition) is 3. The second kappa shape index (κ2) is 4.85. The molecule has 1 unspecified atom stereocenters. The summed E-state index contributed by atoms with van der Waals surface area (Å²) in [5.74, 6) is -0.0541. The minimum absolute atomic E-state index is 0.0541. The Kier molecular flexibility index (Phi) is 3.45. The molecule has 0 aliphatic carbocycles. The first-order chi connectivity index (χ1) is 8.13. The molecule has 0 bridgehead atoms. The maximum atomic E-state index is 12.0. The van der Waals surface area contributed by atoms with Crippen LogP contribution in [0.3, 0.4) is 0 Å². The van der Waals surface area contributed by atoms with E-state index in [1.165, 1.54) is 0 Å². The van der Waals surface area contributed by atoms with Gasteiger partial charge in [0.1, 0.15) is 0 Å². The van der Waals surface area contributed by atoms with E-state index in [2.05, 4.69) is 5.32 Å².